The Balaban J connectivity index is 1.88. The molecule has 1 heterocycles. The monoisotopic (exact) mass is 349 g/mol. The SMILES string of the molecule is COc1ccc([C@H]2CC(=O)N(CCO[Si](C)(C)C(C)(C)C)C2)cc1. The van der Waals surface area contributed by atoms with Crippen molar-refractivity contribution in [2.75, 3.05) is 26.8 Å². The Bertz CT molecular complexity index is 563. The molecule has 0 radical (unpaired) electrons. The number of carbonyl (C=O) groups is 1. The highest BCUT2D eigenvalue weighted by molar-refractivity contribution is 6.74. The fourth-order valence-corrected chi connectivity index (χ4v) is 3.75. The summed E-state index contributed by atoms with van der Waals surface area (Å²) in [7, 11) is -0.0773. The molecule has 1 aliphatic rings. The fourth-order valence-electron chi connectivity index (χ4n) is 2.72. The third-order valence-corrected chi connectivity index (χ3v) is 9.97. The number of carbonyl (C=O) groups excluding carboxylic acids is 1. The molecular weight excluding hydrogens is 318 g/mol. The molecule has 134 valence electrons. The lowest BCUT2D eigenvalue weighted by atomic mass is 9.98. The van der Waals surface area contributed by atoms with Crippen LogP contribution in [0.4, 0.5) is 0 Å². The van der Waals surface area contributed by atoms with Gasteiger partial charge in [0.1, 0.15) is 5.75 Å². The van der Waals surface area contributed by atoms with Crippen LogP contribution in [0.25, 0.3) is 0 Å². The maximum absolute atomic E-state index is 12.3. The maximum atomic E-state index is 12.3. The standard InChI is InChI=1S/C19H31NO3Si/c1-19(2,3)24(5,6)23-12-11-20-14-16(13-18(20)21)15-7-9-17(22-4)10-8-15/h7-10,16H,11-14H2,1-6H3/t16-/m0/s1. The van der Waals surface area contributed by atoms with E-state index in [2.05, 4.69) is 46.0 Å². The summed E-state index contributed by atoms with van der Waals surface area (Å²) in [6.07, 6.45) is 0.590. The van der Waals surface area contributed by atoms with Gasteiger partial charge in [0.05, 0.1) is 13.7 Å². The number of ether oxygens (including phenoxy) is 1. The number of likely N-dealkylation sites (tertiary alicyclic amines) is 1. The molecule has 0 bridgehead atoms. The van der Waals surface area contributed by atoms with Gasteiger partial charge in [-0.2, -0.15) is 0 Å². The molecular formula is C19H31NO3Si. The second-order valence-corrected chi connectivity index (χ2v) is 12.9. The van der Waals surface area contributed by atoms with Crippen LogP contribution in [-0.2, 0) is 9.22 Å². The lowest BCUT2D eigenvalue weighted by molar-refractivity contribution is -0.128. The van der Waals surface area contributed by atoms with Gasteiger partial charge in [0.15, 0.2) is 8.32 Å². The number of hydrogen-bond acceptors (Lipinski definition) is 3. The third kappa shape index (κ3) is 4.39. The van der Waals surface area contributed by atoms with Gasteiger partial charge in [-0.15, -0.1) is 0 Å². The molecule has 0 unspecified atom stereocenters. The van der Waals surface area contributed by atoms with Gasteiger partial charge in [0, 0.05) is 25.4 Å². The van der Waals surface area contributed by atoms with Gasteiger partial charge in [-0.1, -0.05) is 32.9 Å². The highest BCUT2D eigenvalue weighted by Gasteiger charge is 2.37. The molecule has 1 aromatic rings. The Hall–Kier alpha value is -1.33. The van der Waals surface area contributed by atoms with Crippen LogP contribution in [0, 0.1) is 0 Å². The van der Waals surface area contributed by atoms with E-state index in [0.29, 0.717) is 19.6 Å². The molecule has 24 heavy (non-hydrogen) atoms. The van der Waals surface area contributed by atoms with Gasteiger partial charge in [0.25, 0.3) is 0 Å². The summed E-state index contributed by atoms with van der Waals surface area (Å²) in [4.78, 5) is 14.2. The minimum absolute atomic E-state index is 0.202. The molecule has 1 aromatic carbocycles. The van der Waals surface area contributed by atoms with Gasteiger partial charge in [-0.05, 0) is 35.8 Å². The average Bonchev–Trinajstić information content (AvgIpc) is 2.87. The lowest BCUT2D eigenvalue weighted by Crippen LogP contribution is -2.43. The van der Waals surface area contributed by atoms with E-state index in [-0.39, 0.29) is 16.9 Å². The molecule has 2 rings (SSSR count). The van der Waals surface area contributed by atoms with Crippen LogP contribution in [0.15, 0.2) is 24.3 Å². The van der Waals surface area contributed by atoms with Crippen molar-refractivity contribution in [1.82, 2.24) is 4.90 Å². The van der Waals surface area contributed by atoms with Crippen molar-refractivity contribution >= 4 is 14.2 Å². The van der Waals surface area contributed by atoms with E-state index in [1.807, 2.05) is 17.0 Å². The highest BCUT2D eigenvalue weighted by Crippen LogP contribution is 2.36. The van der Waals surface area contributed by atoms with E-state index in [1.165, 1.54) is 5.56 Å². The largest absolute Gasteiger partial charge is 0.497 e. The molecule has 0 N–H and O–H groups in total. The Labute approximate surface area is 147 Å². The van der Waals surface area contributed by atoms with Crippen molar-refractivity contribution in [1.29, 1.82) is 0 Å². The van der Waals surface area contributed by atoms with Crippen LogP contribution >= 0.6 is 0 Å². The van der Waals surface area contributed by atoms with Crippen LogP contribution in [0.2, 0.25) is 18.1 Å². The third-order valence-electron chi connectivity index (χ3n) is 5.43. The van der Waals surface area contributed by atoms with Crippen molar-refractivity contribution in [3.05, 3.63) is 29.8 Å². The summed E-state index contributed by atoms with van der Waals surface area (Å²) in [6.45, 7) is 13.3. The van der Waals surface area contributed by atoms with Crippen molar-refractivity contribution in [3.8, 4) is 5.75 Å². The Morgan fingerprint density at radius 3 is 2.38 bits per heavy atom. The molecule has 0 aliphatic carbocycles. The first-order valence-electron chi connectivity index (χ1n) is 8.70. The molecule has 5 heteroatoms. The Morgan fingerprint density at radius 1 is 1.21 bits per heavy atom. The van der Waals surface area contributed by atoms with E-state index in [0.717, 1.165) is 12.3 Å². The zero-order valence-electron chi connectivity index (χ0n) is 15.9. The zero-order valence-corrected chi connectivity index (χ0v) is 16.9. The van der Waals surface area contributed by atoms with Crippen molar-refractivity contribution in [3.63, 3.8) is 0 Å². The number of nitrogens with zero attached hydrogens (tertiary/aromatic N) is 1. The zero-order chi connectivity index (χ0) is 18.0. The first-order valence-corrected chi connectivity index (χ1v) is 11.6. The highest BCUT2D eigenvalue weighted by atomic mass is 28.4. The second-order valence-electron chi connectivity index (χ2n) is 8.12. The second kappa shape index (κ2) is 7.27. The lowest BCUT2D eigenvalue weighted by Gasteiger charge is -2.36. The van der Waals surface area contributed by atoms with Crippen LogP contribution in [0.5, 0.6) is 5.75 Å². The summed E-state index contributed by atoms with van der Waals surface area (Å²) < 4.78 is 11.4. The van der Waals surface area contributed by atoms with Crippen LogP contribution in [-0.4, -0.2) is 45.9 Å². The van der Waals surface area contributed by atoms with E-state index in [9.17, 15) is 4.79 Å². The number of methoxy groups -OCH3 is 1. The molecule has 1 atom stereocenters. The first kappa shape index (κ1) is 19.0. The maximum Gasteiger partial charge on any atom is 0.223 e. The smallest absolute Gasteiger partial charge is 0.223 e. The van der Waals surface area contributed by atoms with Crippen LogP contribution < -0.4 is 4.74 Å². The summed E-state index contributed by atoms with van der Waals surface area (Å²) in [6, 6.07) is 8.05. The normalized spacial score (nSPS) is 19.0. The van der Waals surface area contributed by atoms with E-state index < -0.39 is 8.32 Å². The Morgan fingerprint density at radius 2 is 1.83 bits per heavy atom. The molecule has 0 spiro atoms. The topological polar surface area (TPSA) is 38.8 Å². The number of amides is 1. The molecule has 0 aromatic heterocycles. The number of hydrogen-bond donors (Lipinski definition) is 0. The van der Waals surface area contributed by atoms with E-state index in [4.69, 9.17) is 9.16 Å². The number of benzene rings is 1. The van der Waals surface area contributed by atoms with Crippen molar-refractivity contribution < 1.29 is 14.0 Å². The predicted molar refractivity (Wildman–Crippen MR) is 100 cm³/mol. The summed E-state index contributed by atoms with van der Waals surface area (Å²) in [5.74, 6) is 1.36. The molecule has 1 fully saturated rings. The first-order chi connectivity index (χ1) is 11.1. The van der Waals surface area contributed by atoms with Crippen molar-refractivity contribution in [2.24, 2.45) is 0 Å². The van der Waals surface area contributed by atoms with E-state index >= 15 is 0 Å². The van der Waals surface area contributed by atoms with Gasteiger partial charge in [-0.3, -0.25) is 4.79 Å². The predicted octanol–water partition coefficient (Wildman–Crippen LogP) is 4.03. The fraction of sp³-hybridized carbons (Fsp3) is 0.632. The molecule has 1 amide bonds. The van der Waals surface area contributed by atoms with Gasteiger partial charge >= 0.3 is 0 Å². The molecule has 0 saturated carbocycles. The van der Waals surface area contributed by atoms with Crippen molar-refractivity contribution in [2.45, 2.75) is 51.2 Å². The summed E-state index contributed by atoms with van der Waals surface area (Å²) >= 11 is 0. The minimum atomic E-state index is -1.74. The van der Waals surface area contributed by atoms with Crippen LogP contribution in [0.1, 0.15) is 38.7 Å². The average molecular weight is 350 g/mol. The van der Waals surface area contributed by atoms with Gasteiger partial charge in [-0.25, -0.2) is 0 Å². The van der Waals surface area contributed by atoms with Gasteiger partial charge < -0.3 is 14.1 Å². The molecule has 4 nitrogen and oxygen atoms in total. The van der Waals surface area contributed by atoms with E-state index in [1.54, 1.807) is 7.11 Å². The molecule has 1 aliphatic heterocycles. The van der Waals surface area contributed by atoms with Crippen LogP contribution in [0.3, 0.4) is 0 Å². The Kier molecular flexibility index (Phi) is 5.76. The summed E-state index contributed by atoms with van der Waals surface area (Å²) in [5, 5.41) is 0.202. The number of rotatable bonds is 6. The summed E-state index contributed by atoms with van der Waals surface area (Å²) in [5.41, 5.74) is 1.21. The molecule has 1 saturated heterocycles. The van der Waals surface area contributed by atoms with Gasteiger partial charge in [0.2, 0.25) is 5.91 Å². The minimum Gasteiger partial charge on any atom is -0.497 e. The quantitative estimate of drug-likeness (QED) is 0.728.